The second-order valence-electron chi connectivity index (χ2n) is 3.59. The number of nitrogens with one attached hydrogen (secondary N) is 2. The van der Waals surface area contributed by atoms with Gasteiger partial charge in [0, 0.05) is 37.7 Å². The second-order valence-corrected chi connectivity index (χ2v) is 3.59. The molecule has 0 fully saturated rings. The maximum Gasteiger partial charge on any atom is 0.0447 e. The summed E-state index contributed by atoms with van der Waals surface area (Å²) in [6.45, 7) is 2.00. The van der Waals surface area contributed by atoms with Gasteiger partial charge in [-0.3, -0.25) is 0 Å². The highest BCUT2D eigenvalue weighted by Crippen LogP contribution is 2.13. The van der Waals surface area contributed by atoms with Crippen molar-refractivity contribution in [3.8, 4) is 0 Å². The number of hydrogen-bond donors (Lipinski definition) is 4. The van der Waals surface area contributed by atoms with Crippen LogP contribution < -0.4 is 10.6 Å². The molecular weight excluding hydrogens is 204 g/mol. The first kappa shape index (κ1) is 12.8. The van der Waals surface area contributed by atoms with Crippen LogP contribution in [0.5, 0.6) is 0 Å². The molecule has 0 aromatic heterocycles. The Morgan fingerprint density at radius 3 is 1.44 bits per heavy atom. The third-order valence-corrected chi connectivity index (χ3v) is 2.21. The van der Waals surface area contributed by atoms with E-state index >= 15 is 0 Å². The van der Waals surface area contributed by atoms with Crippen LogP contribution in [0.2, 0.25) is 0 Å². The summed E-state index contributed by atoms with van der Waals surface area (Å²) in [4.78, 5) is 0. The normalized spacial score (nSPS) is 10.1. The quantitative estimate of drug-likeness (QED) is 0.502. The Morgan fingerprint density at radius 1 is 0.750 bits per heavy atom. The molecule has 0 radical (unpaired) electrons. The van der Waals surface area contributed by atoms with Crippen molar-refractivity contribution in [2.45, 2.75) is 12.8 Å². The first-order valence-corrected chi connectivity index (χ1v) is 5.66. The van der Waals surface area contributed by atoms with Gasteiger partial charge >= 0.3 is 0 Å². The highest BCUT2D eigenvalue weighted by atomic mass is 16.3. The summed E-state index contributed by atoms with van der Waals surface area (Å²) in [7, 11) is 0. The molecule has 0 saturated carbocycles. The molecule has 1 aromatic rings. The van der Waals surface area contributed by atoms with E-state index in [1.54, 1.807) is 0 Å². The molecule has 0 aliphatic carbocycles. The molecule has 4 N–H and O–H groups in total. The van der Waals surface area contributed by atoms with Gasteiger partial charge in [0.2, 0.25) is 0 Å². The van der Waals surface area contributed by atoms with Crippen LogP contribution in [0.1, 0.15) is 12.8 Å². The molecule has 0 aliphatic heterocycles. The van der Waals surface area contributed by atoms with E-state index in [2.05, 4.69) is 10.6 Å². The van der Waals surface area contributed by atoms with Crippen molar-refractivity contribution in [1.29, 1.82) is 0 Å². The fourth-order valence-electron chi connectivity index (χ4n) is 1.33. The van der Waals surface area contributed by atoms with E-state index in [0.29, 0.717) is 0 Å². The minimum absolute atomic E-state index is 0.216. The van der Waals surface area contributed by atoms with E-state index < -0.39 is 0 Å². The summed E-state index contributed by atoms with van der Waals surface area (Å²) in [5.74, 6) is 0. The van der Waals surface area contributed by atoms with E-state index in [1.165, 1.54) is 0 Å². The van der Waals surface area contributed by atoms with E-state index in [0.717, 1.165) is 37.3 Å². The molecule has 4 heteroatoms. The van der Waals surface area contributed by atoms with Crippen molar-refractivity contribution >= 4 is 11.4 Å². The van der Waals surface area contributed by atoms with Crippen molar-refractivity contribution in [2.75, 3.05) is 36.9 Å². The third kappa shape index (κ3) is 5.00. The minimum Gasteiger partial charge on any atom is -0.396 e. The van der Waals surface area contributed by atoms with Crippen molar-refractivity contribution < 1.29 is 10.2 Å². The predicted molar refractivity (Wildman–Crippen MR) is 66.8 cm³/mol. The van der Waals surface area contributed by atoms with Crippen LogP contribution in [0.3, 0.4) is 0 Å². The van der Waals surface area contributed by atoms with Crippen molar-refractivity contribution in [3.63, 3.8) is 0 Å². The molecule has 1 aromatic carbocycles. The zero-order valence-corrected chi connectivity index (χ0v) is 9.45. The number of aliphatic hydroxyl groups is 2. The number of rotatable bonds is 8. The second kappa shape index (κ2) is 7.96. The van der Waals surface area contributed by atoms with E-state index in [9.17, 15) is 0 Å². The molecule has 1 rings (SSSR count). The lowest BCUT2D eigenvalue weighted by Gasteiger charge is -2.08. The SMILES string of the molecule is OCCCNc1ccc(NCCCO)cc1. The Kier molecular flexibility index (Phi) is 6.37. The van der Waals surface area contributed by atoms with E-state index in [1.807, 2.05) is 24.3 Å². The average Bonchev–Trinajstić information content (AvgIpc) is 2.32. The molecular formula is C12H20N2O2. The Bertz CT molecular complexity index is 246. The van der Waals surface area contributed by atoms with Gasteiger partial charge < -0.3 is 20.8 Å². The molecule has 0 aliphatic rings. The van der Waals surface area contributed by atoms with Crippen LogP contribution in [-0.2, 0) is 0 Å². The molecule has 16 heavy (non-hydrogen) atoms. The standard InChI is InChI=1S/C12H20N2O2/c15-9-1-7-13-11-3-5-12(6-4-11)14-8-2-10-16/h3-6,13-16H,1-2,7-10H2. The zero-order chi connectivity index (χ0) is 11.6. The lowest BCUT2D eigenvalue weighted by atomic mass is 10.2. The van der Waals surface area contributed by atoms with Gasteiger partial charge in [-0.2, -0.15) is 0 Å². The Hall–Kier alpha value is -1.26. The first-order valence-electron chi connectivity index (χ1n) is 5.66. The minimum atomic E-state index is 0.216. The van der Waals surface area contributed by atoms with Crippen LogP contribution in [0, 0.1) is 0 Å². The fraction of sp³-hybridized carbons (Fsp3) is 0.500. The molecule has 0 heterocycles. The molecule has 0 spiro atoms. The lowest BCUT2D eigenvalue weighted by molar-refractivity contribution is 0.292. The van der Waals surface area contributed by atoms with Gasteiger partial charge in [-0.1, -0.05) is 0 Å². The van der Waals surface area contributed by atoms with Gasteiger partial charge in [0.05, 0.1) is 0 Å². The molecule has 0 saturated heterocycles. The van der Waals surface area contributed by atoms with Crippen LogP contribution in [-0.4, -0.2) is 36.5 Å². The summed E-state index contributed by atoms with van der Waals surface area (Å²) in [6.07, 6.45) is 1.52. The van der Waals surface area contributed by atoms with Gasteiger partial charge in [-0.25, -0.2) is 0 Å². The monoisotopic (exact) mass is 224 g/mol. The smallest absolute Gasteiger partial charge is 0.0447 e. The molecule has 4 nitrogen and oxygen atoms in total. The summed E-state index contributed by atoms with van der Waals surface area (Å²) in [5, 5.41) is 23.7. The van der Waals surface area contributed by atoms with E-state index in [-0.39, 0.29) is 13.2 Å². The average molecular weight is 224 g/mol. The fourth-order valence-corrected chi connectivity index (χ4v) is 1.33. The maximum atomic E-state index is 8.64. The summed E-state index contributed by atoms with van der Waals surface area (Å²) < 4.78 is 0. The molecule has 0 unspecified atom stereocenters. The summed E-state index contributed by atoms with van der Waals surface area (Å²) >= 11 is 0. The van der Waals surface area contributed by atoms with Crippen LogP contribution in [0.25, 0.3) is 0 Å². The van der Waals surface area contributed by atoms with Crippen molar-refractivity contribution in [2.24, 2.45) is 0 Å². The number of anilines is 2. The van der Waals surface area contributed by atoms with Gasteiger partial charge in [-0.05, 0) is 37.1 Å². The molecule has 0 atom stereocenters. The zero-order valence-electron chi connectivity index (χ0n) is 9.45. The van der Waals surface area contributed by atoms with Crippen LogP contribution in [0.4, 0.5) is 11.4 Å². The summed E-state index contributed by atoms with van der Waals surface area (Å²) in [6, 6.07) is 7.99. The maximum absolute atomic E-state index is 8.64. The van der Waals surface area contributed by atoms with Crippen LogP contribution in [0.15, 0.2) is 24.3 Å². The van der Waals surface area contributed by atoms with Gasteiger partial charge in [0.15, 0.2) is 0 Å². The summed E-state index contributed by atoms with van der Waals surface area (Å²) in [5.41, 5.74) is 2.11. The molecule has 0 bridgehead atoms. The predicted octanol–water partition coefficient (Wildman–Crippen LogP) is 1.28. The highest BCUT2D eigenvalue weighted by Gasteiger charge is 1.93. The van der Waals surface area contributed by atoms with Crippen molar-refractivity contribution in [3.05, 3.63) is 24.3 Å². The number of benzene rings is 1. The van der Waals surface area contributed by atoms with Crippen LogP contribution >= 0.6 is 0 Å². The Balaban J connectivity index is 2.30. The van der Waals surface area contributed by atoms with E-state index in [4.69, 9.17) is 10.2 Å². The topological polar surface area (TPSA) is 64.5 Å². The Labute approximate surface area is 96.3 Å². The van der Waals surface area contributed by atoms with Gasteiger partial charge in [-0.15, -0.1) is 0 Å². The molecule has 0 amide bonds. The highest BCUT2D eigenvalue weighted by molar-refractivity contribution is 5.53. The van der Waals surface area contributed by atoms with Gasteiger partial charge in [0.25, 0.3) is 0 Å². The first-order chi connectivity index (χ1) is 7.86. The third-order valence-electron chi connectivity index (χ3n) is 2.21. The number of aliphatic hydroxyl groups excluding tert-OH is 2. The van der Waals surface area contributed by atoms with Crippen molar-refractivity contribution in [1.82, 2.24) is 0 Å². The largest absolute Gasteiger partial charge is 0.396 e. The number of hydrogen-bond acceptors (Lipinski definition) is 4. The lowest BCUT2D eigenvalue weighted by Crippen LogP contribution is -2.05. The Morgan fingerprint density at radius 2 is 1.12 bits per heavy atom. The molecule has 90 valence electrons. The van der Waals surface area contributed by atoms with Gasteiger partial charge in [0.1, 0.15) is 0 Å².